The van der Waals surface area contributed by atoms with Gasteiger partial charge in [-0.2, -0.15) is 0 Å². The lowest BCUT2D eigenvalue weighted by atomic mass is 9.95. The van der Waals surface area contributed by atoms with Crippen LogP contribution in [0.2, 0.25) is 0 Å². The van der Waals surface area contributed by atoms with Crippen LogP contribution in [0.15, 0.2) is 48.5 Å². The van der Waals surface area contributed by atoms with Gasteiger partial charge in [0.15, 0.2) is 11.6 Å². The Labute approximate surface area is 196 Å². The third-order valence-corrected chi connectivity index (χ3v) is 6.04. The third kappa shape index (κ3) is 8.02. The van der Waals surface area contributed by atoms with Crippen molar-refractivity contribution in [1.29, 1.82) is 0 Å². The van der Waals surface area contributed by atoms with Gasteiger partial charge in [0.25, 0.3) is 0 Å². The SMILES string of the molecule is CO[C@]1(COc2ccccc2F)CCCN(Cc2ccc(OCCCNC(C)=O)cc2)CC1. The van der Waals surface area contributed by atoms with Gasteiger partial charge in [0.05, 0.1) is 6.61 Å². The Morgan fingerprint density at radius 2 is 1.88 bits per heavy atom. The van der Waals surface area contributed by atoms with Gasteiger partial charge in [0, 0.05) is 33.7 Å². The predicted octanol–water partition coefficient (Wildman–Crippen LogP) is 4.18. The van der Waals surface area contributed by atoms with Gasteiger partial charge >= 0.3 is 0 Å². The van der Waals surface area contributed by atoms with Crippen molar-refractivity contribution in [2.75, 3.05) is 40.0 Å². The van der Waals surface area contributed by atoms with E-state index in [1.54, 1.807) is 25.3 Å². The average molecular weight is 459 g/mol. The van der Waals surface area contributed by atoms with Crippen LogP contribution in [0.5, 0.6) is 11.5 Å². The molecule has 2 aromatic carbocycles. The molecule has 1 amide bonds. The summed E-state index contributed by atoms with van der Waals surface area (Å²) < 4.78 is 31.4. The van der Waals surface area contributed by atoms with E-state index >= 15 is 0 Å². The molecule has 2 aromatic rings. The number of hydrogen-bond acceptors (Lipinski definition) is 5. The smallest absolute Gasteiger partial charge is 0.216 e. The van der Waals surface area contributed by atoms with Crippen molar-refractivity contribution in [3.8, 4) is 11.5 Å². The van der Waals surface area contributed by atoms with Gasteiger partial charge in [-0.25, -0.2) is 4.39 Å². The van der Waals surface area contributed by atoms with E-state index in [1.807, 2.05) is 12.1 Å². The van der Waals surface area contributed by atoms with Crippen LogP contribution in [-0.2, 0) is 16.1 Å². The van der Waals surface area contributed by atoms with Gasteiger partial charge < -0.3 is 19.5 Å². The van der Waals surface area contributed by atoms with Crippen LogP contribution >= 0.6 is 0 Å². The topological polar surface area (TPSA) is 60.0 Å². The van der Waals surface area contributed by atoms with Crippen LogP contribution in [0, 0.1) is 5.82 Å². The Morgan fingerprint density at radius 1 is 1.09 bits per heavy atom. The molecule has 6 nitrogen and oxygen atoms in total. The molecule has 1 N–H and O–H groups in total. The first kappa shape index (κ1) is 25.0. The minimum Gasteiger partial charge on any atom is -0.494 e. The number of methoxy groups -OCH3 is 1. The Kier molecular flexibility index (Phi) is 9.51. The maximum atomic E-state index is 13.9. The molecule has 3 rings (SSSR count). The van der Waals surface area contributed by atoms with Crippen LogP contribution in [0.3, 0.4) is 0 Å². The fraction of sp³-hybridized carbons (Fsp3) is 0.500. The number of amides is 1. The number of rotatable bonds is 11. The second-order valence-corrected chi connectivity index (χ2v) is 8.56. The molecule has 0 bridgehead atoms. The number of halogens is 1. The molecule has 1 heterocycles. The highest BCUT2D eigenvalue weighted by atomic mass is 19.1. The van der Waals surface area contributed by atoms with Crippen molar-refractivity contribution in [3.05, 3.63) is 59.9 Å². The summed E-state index contributed by atoms with van der Waals surface area (Å²) in [6, 6.07) is 14.7. The highest BCUT2D eigenvalue weighted by molar-refractivity contribution is 5.72. The second kappa shape index (κ2) is 12.6. The molecule has 0 radical (unpaired) electrons. The summed E-state index contributed by atoms with van der Waals surface area (Å²) in [5.74, 6) is 0.737. The van der Waals surface area contributed by atoms with Crippen LogP contribution < -0.4 is 14.8 Å². The maximum Gasteiger partial charge on any atom is 0.216 e. The van der Waals surface area contributed by atoms with Crippen LogP contribution in [0.4, 0.5) is 4.39 Å². The molecule has 0 saturated carbocycles. The number of nitrogens with one attached hydrogen (secondary N) is 1. The monoisotopic (exact) mass is 458 g/mol. The van der Waals surface area contributed by atoms with Crippen LogP contribution in [0.1, 0.15) is 38.2 Å². The molecular weight excluding hydrogens is 423 g/mol. The first-order valence-corrected chi connectivity index (χ1v) is 11.6. The molecule has 1 fully saturated rings. The van der Waals surface area contributed by atoms with Gasteiger partial charge in [0.2, 0.25) is 5.91 Å². The van der Waals surface area contributed by atoms with Crippen molar-refractivity contribution >= 4 is 5.91 Å². The van der Waals surface area contributed by atoms with E-state index in [2.05, 4.69) is 22.3 Å². The summed E-state index contributed by atoms with van der Waals surface area (Å²) >= 11 is 0. The number of para-hydroxylation sites is 1. The summed E-state index contributed by atoms with van der Waals surface area (Å²) in [5, 5.41) is 2.76. The van der Waals surface area contributed by atoms with Gasteiger partial charge in [-0.3, -0.25) is 9.69 Å². The van der Waals surface area contributed by atoms with E-state index in [9.17, 15) is 9.18 Å². The Hall–Kier alpha value is -2.64. The fourth-order valence-electron chi connectivity index (χ4n) is 4.04. The van der Waals surface area contributed by atoms with Crippen molar-refractivity contribution in [2.45, 2.75) is 44.8 Å². The zero-order valence-corrected chi connectivity index (χ0v) is 19.6. The van der Waals surface area contributed by atoms with E-state index < -0.39 is 5.60 Å². The number of benzene rings is 2. The predicted molar refractivity (Wildman–Crippen MR) is 126 cm³/mol. The summed E-state index contributed by atoms with van der Waals surface area (Å²) in [5.41, 5.74) is 0.819. The van der Waals surface area contributed by atoms with Crippen LogP contribution in [-0.4, -0.2) is 56.4 Å². The zero-order valence-electron chi connectivity index (χ0n) is 19.6. The molecule has 0 aliphatic carbocycles. The maximum absolute atomic E-state index is 13.9. The molecule has 1 aliphatic rings. The summed E-state index contributed by atoms with van der Waals surface area (Å²) in [7, 11) is 1.72. The molecule has 1 atom stereocenters. The molecule has 180 valence electrons. The van der Waals surface area contributed by atoms with Crippen molar-refractivity contribution in [2.24, 2.45) is 0 Å². The number of nitrogens with zero attached hydrogens (tertiary/aromatic N) is 1. The van der Waals surface area contributed by atoms with E-state index in [4.69, 9.17) is 14.2 Å². The lowest BCUT2D eigenvalue weighted by Gasteiger charge is -2.31. The largest absolute Gasteiger partial charge is 0.494 e. The number of hydrogen-bond donors (Lipinski definition) is 1. The van der Waals surface area contributed by atoms with E-state index in [0.717, 1.165) is 51.1 Å². The average Bonchev–Trinajstić information content (AvgIpc) is 3.02. The first-order chi connectivity index (χ1) is 16.0. The lowest BCUT2D eigenvalue weighted by molar-refractivity contribution is -0.118. The Morgan fingerprint density at radius 3 is 2.61 bits per heavy atom. The molecule has 0 unspecified atom stereocenters. The van der Waals surface area contributed by atoms with Crippen molar-refractivity contribution in [3.63, 3.8) is 0 Å². The quantitative estimate of drug-likeness (QED) is 0.512. The molecule has 0 spiro atoms. The van der Waals surface area contributed by atoms with Gasteiger partial charge in [-0.05, 0) is 62.1 Å². The molecule has 0 aromatic heterocycles. The Bertz CT molecular complexity index is 877. The molecule has 1 saturated heterocycles. The number of carbonyl (C=O) groups is 1. The molecule has 7 heteroatoms. The minimum absolute atomic E-state index is 0.0202. The summed E-state index contributed by atoms with van der Waals surface area (Å²) in [4.78, 5) is 13.3. The molecule has 1 aliphatic heterocycles. The highest BCUT2D eigenvalue weighted by Crippen LogP contribution is 2.29. The first-order valence-electron chi connectivity index (χ1n) is 11.6. The number of carbonyl (C=O) groups excluding carboxylic acids is 1. The Balaban J connectivity index is 1.46. The highest BCUT2D eigenvalue weighted by Gasteiger charge is 2.33. The molecular formula is C26H35FN2O4. The zero-order chi connectivity index (χ0) is 23.5. The van der Waals surface area contributed by atoms with E-state index in [0.29, 0.717) is 19.8 Å². The van der Waals surface area contributed by atoms with Crippen molar-refractivity contribution in [1.82, 2.24) is 10.2 Å². The number of ether oxygens (including phenoxy) is 3. The van der Waals surface area contributed by atoms with Gasteiger partial charge in [-0.15, -0.1) is 0 Å². The minimum atomic E-state index is -0.411. The second-order valence-electron chi connectivity index (χ2n) is 8.56. The summed E-state index contributed by atoms with van der Waals surface area (Å²) in [6.45, 7) is 5.76. The van der Waals surface area contributed by atoms with E-state index in [-0.39, 0.29) is 17.5 Å². The third-order valence-electron chi connectivity index (χ3n) is 6.04. The normalized spacial score (nSPS) is 19.0. The molecule has 33 heavy (non-hydrogen) atoms. The van der Waals surface area contributed by atoms with Gasteiger partial charge in [0.1, 0.15) is 18.0 Å². The number of likely N-dealkylation sites (tertiary alicyclic amines) is 1. The van der Waals surface area contributed by atoms with Crippen molar-refractivity contribution < 1.29 is 23.4 Å². The summed E-state index contributed by atoms with van der Waals surface area (Å²) in [6.07, 6.45) is 3.47. The van der Waals surface area contributed by atoms with Gasteiger partial charge in [-0.1, -0.05) is 24.3 Å². The van der Waals surface area contributed by atoms with E-state index in [1.165, 1.54) is 18.6 Å². The fourth-order valence-corrected chi connectivity index (χ4v) is 4.04. The standard InChI is InChI=1S/C26H35FN2O4/c1-21(30)28-15-6-18-32-23-11-9-22(10-12-23)19-29-16-5-13-26(31-2,14-17-29)20-33-25-8-4-3-7-24(25)27/h3-4,7-12H,5-6,13-20H2,1-2H3,(H,28,30)/t26-/m1/s1. The lowest BCUT2D eigenvalue weighted by Crippen LogP contribution is -2.39. The van der Waals surface area contributed by atoms with Crippen LogP contribution in [0.25, 0.3) is 0 Å².